The number of fused-ring (bicyclic) bond motifs is 1. The second-order valence-corrected chi connectivity index (χ2v) is 14.7. The lowest BCUT2D eigenvalue weighted by Crippen LogP contribution is -2.37. The van der Waals surface area contributed by atoms with Crippen LogP contribution in [-0.4, -0.2) is 55.1 Å². The molecular formula is C32H31ClN4O6S2. The lowest BCUT2D eigenvalue weighted by atomic mass is 10.1. The second-order valence-electron chi connectivity index (χ2n) is 10.8. The van der Waals surface area contributed by atoms with Gasteiger partial charge < -0.3 is 15.0 Å². The predicted octanol–water partition coefficient (Wildman–Crippen LogP) is 5.37. The van der Waals surface area contributed by atoms with E-state index in [-0.39, 0.29) is 37.8 Å². The van der Waals surface area contributed by atoms with E-state index in [0.29, 0.717) is 44.1 Å². The van der Waals surface area contributed by atoms with Gasteiger partial charge in [0.1, 0.15) is 0 Å². The first-order valence-electron chi connectivity index (χ1n) is 14.3. The fourth-order valence-corrected chi connectivity index (χ4v) is 8.70. The zero-order valence-electron chi connectivity index (χ0n) is 24.3. The highest BCUT2D eigenvalue weighted by molar-refractivity contribution is 7.93. The minimum absolute atomic E-state index is 0.0209. The molecule has 0 aliphatic carbocycles. The fourth-order valence-electron chi connectivity index (χ4n) is 5.62. The average Bonchev–Trinajstić information content (AvgIpc) is 3.39. The molecule has 0 aromatic heterocycles. The van der Waals surface area contributed by atoms with Crippen LogP contribution >= 0.6 is 11.6 Å². The Balaban J connectivity index is 1.32. The van der Waals surface area contributed by atoms with Gasteiger partial charge in [-0.1, -0.05) is 48.0 Å². The maximum absolute atomic E-state index is 13.8. The van der Waals surface area contributed by atoms with Gasteiger partial charge in [-0.25, -0.2) is 16.8 Å². The number of ether oxygens (including phenoxy) is 1. The number of hydrogen-bond donors (Lipinski definition) is 2. The van der Waals surface area contributed by atoms with Crippen LogP contribution in [-0.2, 0) is 31.2 Å². The van der Waals surface area contributed by atoms with Gasteiger partial charge in [0, 0.05) is 24.7 Å². The van der Waals surface area contributed by atoms with E-state index in [4.69, 9.17) is 16.3 Å². The lowest BCUT2D eigenvalue weighted by Gasteiger charge is -2.31. The molecule has 6 rings (SSSR count). The molecule has 2 aliphatic rings. The first-order chi connectivity index (χ1) is 21.5. The van der Waals surface area contributed by atoms with Crippen molar-refractivity contribution in [3.05, 3.63) is 107 Å². The van der Waals surface area contributed by atoms with Crippen molar-refractivity contribution in [1.29, 1.82) is 0 Å². The summed E-state index contributed by atoms with van der Waals surface area (Å²) in [6.45, 7) is 3.87. The Hall–Kier alpha value is -4.10. The number of rotatable bonds is 8. The van der Waals surface area contributed by atoms with Crippen LogP contribution in [0.3, 0.4) is 0 Å². The van der Waals surface area contributed by atoms with Crippen LogP contribution in [0.5, 0.6) is 0 Å². The number of amides is 1. The molecule has 234 valence electrons. The summed E-state index contributed by atoms with van der Waals surface area (Å²) in [7, 11) is -8.07. The van der Waals surface area contributed by atoms with E-state index in [0.717, 1.165) is 5.56 Å². The first kappa shape index (κ1) is 30.9. The summed E-state index contributed by atoms with van der Waals surface area (Å²) < 4.78 is 63.7. The number of morpholine rings is 1. The third-order valence-electron chi connectivity index (χ3n) is 7.79. The Morgan fingerprint density at radius 2 is 1.56 bits per heavy atom. The highest BCUT2D eigenvalue weighted by Gasteiger charge is 2.36. The van der Waals surface area contributed by atoms with Gasteiger partial charge in [0.2, 0.25) is 0 Å². The molecule has 13 heteroatoms. The van der Waals surface area contributed by atoms with Gasteiger partial charge in [0.05, 0.1) is 50.8 Å². The van der Waals surface area contributed by atoms with Crippen molar-refractivity contribution in [2.75, 3.05) is 45.5 Å². The average molecular weight is 667 g/mol. The van der Waals surface area contributed by atoms with E-state index in [1.165, 1.54) is 40.7 Å². The summed E-state index contributed by atoms with van der Waals surface area (Å²) in [5.41, 5.74) is 2.74. The van der Waals surface area contributed by atoms with Crippen LogP contribution in [0.15, 0.2) is 101 Å². The Bertz CT molecular complexity index is 1980. The maximum Gasteiger partial charge on any atom is 0.264 e. The maximum atomic E-state index is 13.8. The predicted molar refractivity (Wildman–Crippen MR) is 175 cm³/mol. The van der Waals surface area contributed by atoms with Crippen molar-refractivity contribution in [2.45, 2.75) is 29.2 Å². The van der Waals surface area contributed by atoms with E-state index < -0.39 is 26.0 Å². The van der Waals surface area contributed by atoms with E-state index in [1.54, 1.807) is 42.5 Å². The number of anilines is 4. The SMILES string of the molecule is C[C@@H]1Cc2ccccc2N1S(=O)(=O)c1cccc(C(=O)Nc2cc(S(=O)(=O)Nc3ccccc3Cl)ccc2N2CCOCC2)c1. The molecule has 1 atom stereocenters. The summed E-state index contributed by atoms with van der Waals surface area (Å²) in [6, 6.07) is 23.9. The van der Waals surface area contributed by atoms with Gasteiger partial charge in [0.15, 0.2) is 0 Å². The molecule has 2 aliphatic heterocycles. The quantitative estimate of drug-likeness (QED) is 0.259. The minimum Gasteiger partial charge on any atom is -0.378 e. The molecule has 0 saturated carbocycles. The van der Waals surface area contributed by atoms with Crippen molar-refractivity contribution < 1.29 is 26.4 Å². The van der Waals surface area contributed by atoms with Crippen LogP contribution in [0.1, 0.15) is 22.8 Å². The highest BCUT2D eigenvalue weighted by Crippen LogP contribution is 2.37. The van der Waals surface area contributed by atoms with E-state index in [2.05, 4.69) is 10.0 Å². The molecule has 1 fully saturated rings. The number of nitrogens with one attached hydrogen (secondary N) is 2. The second kappa shape index (κ2) is 12.4. The molecule has 4 aromatic rings. The van der Waals surface area contributed by atoms with Gasteiger partial charge in [0.25, 0.3) is 26.0 Å². The molecule has 0 unspecified atom stereocenters. The van der Waals surface area contributed by atoms with Crippen molar-refractivity contribution in [2.24, 2.45) is 0 Å². The summed E-state index contributed by atoms with van der Waals surface area (Å²) >= 11 is 6.18. The number of carbonyl (C=O) groups excluding carboxylic acids is 1. The van der Waals surface area contributed by atoms with Crippen molar-refractivity contribution in [3.8, 4) is 0 Å². The largest absolute Gasteiger partial charge is 0.378 e. The Kier molecular flexibility index (Phi) is 8.49. The Morgan fingerprint density at radius 1 is 0.822 bits per heavy atom. The zero-order valence-corrected chi connectivity index (χ0v) is 26.7. The van der Waals surface area contributed by atoms with Gasteiger partial charge in [-0.15, -0.1) is 0 Å². The van der Waals surface area contributed by atoms with Crippen LogP contribution in [0, 0.1) is 0 Å². The summed E-state index contributed by atoms with van der Waals surface area (Å²) in [5, 5.41) is 3.07. The molecule has 2 heterocycles. The van der Waals surface area contributed by atoms with Gasteiger partial charge in [-0.2, -0.15) is 0 Å². The number of para-hydroxylation sites is 2. The van der Waals surface area contributed by atoms with Crippen LogP contribution < -0.4 is 19.2 Å². The standard InChI is InChI=1S/C32H31ClN4O6S2/c1-22-19-23-7-2-5-12-30(23)37(22)45(41,42)26-9-6-8-24(20-26)32(38)34-29-21-25(13-14-31(29)36-15-17-43-18-16-36)44(39,40)35-28-11-4-3-10-27(28)33/h2-14,20-22,35H,15-19H2,1H3,(H,34,38)/t22-/m1/s1. The lowest BCUT2D eigenvalue weighted by molar-refractivity contribution is 0.102. The number of hydrogen-bond acceptors (Lipinski definition) is 7. The smallest absolute Gasteiger partial charge is 0.264 e. The Labute approximate surface area is 267 Å². The van der Waals surface area contributed by atoms with Crippen LogP contribution in [0.25, 0.3) is 0 Å². The topological polar surface area (TPSA) is 125 Å². The third-order valence-corrected chi connectivity index (χ3v) is 11.4. The molecule has 1 saturated heterocycles. The van der Waals surface area contributed by atoms with Crippen molar-refractivity contribution in [3.63, 3.8) is 0 Å². The molecule has 10 nitrogen and oxygen atoms in total. The number of carbonyl (C=O) groups is 1. The molecule has 45 heavy (non-hydrogen) atoms. The van der Waals surface area contributed by atoms with E-state index in [9.17, 15) is 21.6 Å². The fraction of sp³-hybridized carbons (Fsp3) is 0.219. The first-order valence-corrected chi connectivity index (χ1v) is 17.6. The number of nitrogens with zero attached hydrogens (tertiary/aromatic N) is 2. The number of halogens is 1. The van der Waals surface area contributed by atoms with Gasteiger partial charge in [-0.05, 0) is 73.5 Å². The molecule has 0 radical (unpaired) electrons. The normalized spacial score (nSPS) is 16.7. The molecule has 0 spiro atoms. The van der Waals surface area contributed by atoms with Gasteiger partial charge >= 0.3 is 0 Å². The zero-order chi connectivity index (χ0) is 31.8. The number of sulfonamides is 2. The Morgan fingerprint density at radius 3 is 2.33 bits per heavy atom. The third kappa shape index (κ3) is 6.23. The molecule has 1 amide bonds. The van der Waals surface area contributed by atoms with E-state index >= 15 is 0 Å². The summed E-state index contributed by atoms with van der Waals surface area (Å²) in [6.07, 6.45) is 0.588. The number of benzene rings is 4. The molecule has 2 N–H and O–H groups in total. The molecular weight excluding hydrogens is 636 g/mol. The molecule has 0 bridgehead atoms. The van der Waals surface area contributed by atoms with E-state index in [1.807, 2.05) is 24.0 Å². The van der Waals surface area contributed by atoms with Gasteiger partial charge in [-0.3, -0.25) is 13.8 Å². The van der Waals surface area contributed by atoms with Crippen LogP contribution in [0.2, 0.25) is 5.02 Å². The van der Waals surface area contributed by atoms with Crippen molar-refractivity contribution in [1.82, 2.24) is 0 Å². The summed E-state index contributed by atoms with van der Waals surface area (Å²) in [4.78, 5) is 15.5. The summed E-state index contributed by atoms with van der Waals surface area (Å²) in [5.74, 6) is -0.593. The monoisotopic (exact) mass is 666 g/mol. The highest BCUT2D eigenvalue weighted by atomic mass is 35.5. The minimum atomic E-state index is -4.09. The molecule has 4 aromatic carbocycles. The van der Waals surface area contributed by atoms with Crippen molar-refractivity contribution >= 4 is 60.3 Å². The van der Waals surface area contributed by atoms with Crippen LogP contribution in [0.4, 0.5) is 22.7 Å².